The van der Waals surface area contributed by atoms with Crippen molar-refractivity contribution in [2.45, 2.75) is 51.2 Å². The number of carbonyl (C=O) groups excluding carboxylic acids is 1. The first-order chi connectivity index (χ1) is 11.5. The van der Waals surface area contributed by atoms with Gasteiger partial charge >= 0.3 is 5.69 Å². The van der Waals surface area contributed by atoms with Gasteiger partial charge in [-0.3, -0.25) is 14.9 Å². The molecular formula is C17H22N2O5. The second-order valence-corrected chi connectivity index (χ2v) is 6.61. The summed E-state index contributed by atoms with van der Waals surface area (Å²) in [6.07, 6.45) is 5.38. The van der Waals surface area contributed by atoms with Gasteiger partial charge in [0.1, 0.15) is 0 Å². The van der Waals surface area contributed by atoms with Gasteiger partial charge in [-0.2, -0.15) is 0 Å². The number of ether oxygens (including phenoxy) is 1. The van der Waals surface area contributed by atoms with Crippen LogP contribution in [0, 0.1) is 15.5 Å². The van der Waals surface area contributed by atoms with Crippen LogP contribution in [-0.4, -0.2) is 34.7 Å². The number of hydrogen-bond acceptors (Lipinski definition) is 5. The zero-order chi connectivity index (χ0) is 17.3. The Labute approximate surface area is 140 Å². The molecule has 0 radical (unpaired) electrons. The lowest BCUT2D eigenvalue weighted by Gasteiger charge is -2.54. The number of nitrogens with one attached hydrogen (secondary N) is 1. The van der Waals surface area contributed by atoms with Gasteiger partial charge in [0, 0.05) is 29.7 Å². The molecule has 1 aromatic carbocycles. The molecule has 0 aromatic heterocycles. The van der Waals surface area contributed by atoms with Crippen molar-refractivity contribution in [2.75, 3.05) is 6.61 Å². The maximum atomic E-state index is 12.5. The number of rotatable bonds is 5. The van der Waals surface area contributed by atoms with Crippen molar-refractivity contribution in [1.82, 2.24) is 5.32 Å². The highest BCUT2D eigenvalue weighted by Gasteiger charge is 2.57. The first-order valence-electron chi connectivity index (χ1n) is 8.38. The molecule has 2 saturated carbocycles. The van der Waals surface area contributed by atoms with Crippen LogP contribution in [0.5, 0.6) is 5.75 Å². The number of phenolic OH excluding ortho intramolecular Hbond substituents is 1. The topological polar surface area (TPSA) is 102 Å². The van der Waals surface area contributed by atoms with Gasteiger partial charge in [-0.1, -0.05) is 12.8 Å². The minimum Gasteiger partial charge on any atom is -0.502 e. The average molecular weight is 334 g/mol. The zero-order valence-corrected chi connectivity index (χ0v) is 13.7. The fraction of sp³-hybridized carbons (Fsp3) is 0.588. The lowest BCUT2D eigenvalue weighted by molar-refractivity contribution is -0.385. The fourth-order valence-electron chi connectivity index (χ4n) is 4.15. The molecule has 2 aliphatic rings. The van der Waals surface area contributed by atoms with E-state index in [1.807, 2.05) is 6.92 Å². The number of nitrogens with zero attached hydrogens (tertiary/aromatic N) is 1. The van der Waals surface area contributed by atoms with Crippen molar-refractivity contribution < 1.29 is 19.6 Å². The lowest BCUT2D eigenvalue weighted by atomic mass is 9.60. The molecule has 2 N–H and O–H groups in total. The number of amides is 1. The Morgan fingerprint density at radius 3 is 2.75 bits per heavy atom. The van der Waals surface area contributed by atoms with E-state index in [4.69, 9.17) is 4.74 Å². The second kappa shape index (κ2) is 6.39. The van der Waals surface area contributed by atoms with E-state index in [0.717, 1.165) is 44.2 Å². The Balaban J connectivity index is 1.71. The summed E-state index contributed by atoms with van der Waals surface area (Å²) in [5.41, 5.74) is -0.154. The molecule has 7 nitrogen and oxygen atoms in total. The summed E-state index contributed by atoms with van der Waals surface area (Å²) in [4.78, 5) is 22.5. The Kier molecular flexibility index (Phi) is 4.45. The van der Waals surface area contributed by atoms with Crippen LogP contribution in [0.1, 0.15) is 49.4 Å². The zero-order valence-electron chi connectivity index (χ0n) is 13.7. The monoisotopic (exact) mass is 334 g/mol. The first-order valence-corrected chi connectivity index (χ1v) is 8.38. The summed E-state index contributed by atoms with van der Waals surface area (Å²) in [6, 6.07) is 3.72. The van der Waals surface area contributed by atoms with Crippen molar-refractivity contribution in [2.24, 2.45) is 5.41 Å². The largest absolute Gasteiger partial charge is 0.502 e. The normalized spacial score (nSPS) is 24.5. The standard InChI is InChI=1S/C17H22N2O5/c1-2-24-15-10-14(17(15)7-3-4-8-17)18-16(21)11-5-6-12(19(22)23)13(20)9-11/h5-6,9,14-15,20H,2-4,7-8,10H2,1H3,(H,18,21). The van der Waals surface area contributed by atoms with Gasteiger partial charge in [0.05, 0.1) is 11.0 Å². The Bertz CT molecular complexity index is 654. The van der Waals surface area contributed by atoms with Crippen LogP contribution < -0.4 is 5.32 Å². The van der Waals surface area contributed by atoms with Gasteiger partial charge in [0.2, 0.25) is 0 Å². The first kappa shape index (κ1) is 16.7. The average Bonchev–Trinajstić information content (AvgIpc) is 3.06. The number of aromatic hydroxyl groups is 1. The third kappa shape index (κ3) is 2.73. The van der Waals surface area contributed by atoms with E-state index >= 15 is 0 Å². The van der Waals surface area contributed by atoms with Crippen LogP contribution in [0.2, 0.25) is 0 Å². The predicted molar refractivity (Wildman–Crippen MR) is 86.9 cm³/mol. The van der Waals surface area contributed by atoms with Crippen molar-refractivity contribution in [3.8, 4) is 5.75 Å². The van der Waals surface area contributed by atoms with Crippen molar-refractivity contribution >= 4 is 11.6 Å². The summed E-state index contributed by atoms with van der Waals surface area (Å²) in [5.74, 6) is -0.810. The van der Waals surface area contributed by atoms with E-state index in [9.17, 15) is 20.0 Å². The summed E-state index contributed by atoms with van der Waals surface area (Å²) >= 11 is 0. The molecule has 1 spiro atoms. The van der Waals surface area contributed by atoms with E-state index in [-0.39, 0.29) is 29.0 Å². The summed E-state index contributed by atoms with van der Waals surface area (Å²) in [6.45, 7) is 2.65. The van der Waals surface area contributed by atoms with Crippen molar-refractivity contribution in [3.05, 3.63) is 33.9 Å². The molecular weight excluding hydrogens is 312 g/mol. The third-order valence-corrected chi connectivity index (χ3v) is 5.43. The van der Waals surface area contributed by atoms with Gasteiger partial charge in [-0.25, -0.2) is 0 Å². The van der Waals surface area contributed by atoms with E-state index in [0.29, 0.717) is 6.61 Å². The van der Waals surface area contributed by atoms with Crippen LogP contribution in [0.4, 0.5) is 5.69 Å². The van der Waals surface area contributed by atoms with Crippen LogP contribution in [-0.2, 0) is 4.74 Å². The maximum Gasteiger partial charge on any atom is 0.310 e. The quantitative estimate of drug-likeness (QED) is 0.637. The molecule has 2 aliphatic carbocycles. The van der Waals surface area contributed by atoms with Crippen LogP contribution in [0.25, 0.3) is 0 Å². The molecule has 0 bridgehead atoms. The molecule has 0 aliphatic heterocycles. The summed E-state index contributed by atoms with van der Waals surface area (Å²) in [7, 11) is 0. The number of nitro benzene ring substituents is 1. The van der Waals surface area contributed by atoms with Gasteiger partial charge in [-0.05, 0) is 38.3 Å². The summed E-state index contributed by atoms with van der Waals surface area (Å²) in [5, 5.41) is 23.5. The van der Waals surface area contributed by atoms with Crippen molar-refractivity contribution in [3.63, 3.8) is 0 Å². The van der Waals surface area contributed by atoms with Crippen LogP contribution in [0.15, 0.2) is 18.2 Å². The van der Waals surface area contributed by atoms with E-state index in [2.05, 4.69) is 5.32 Å². The molecule has 0 heterocycles. The molecule has 2 atom stereocenters. The molecule has 1 amide bonds. The molecule has 24 heavy (non-hydrogen) atoms. The third-order valence-electron chi connectivity index (χ3n) is 5.43. The number of carbonyl (C=O) groups is 1. The number of nitro groups is 1. The Morgan fingerprint density at radius 1 is 1.46 bits per heavy atom. The van der Waals surface area contributed by atoms with Crippen LogP contribution >= 0.6 is 0 Å². The SMILES string of the molecule is CCOC1CC(NC(=O)c2ccc([N+](=O)[O-])c(O)c2)C12CCCC2. The summed E-state index contributed by atoms with van der Waals surface area (Å²) < 4.78 is 5.83. The maximum absolute atomic E-state index is 12.5. The Morgan fingerprint density at radius 2 is 2.17 bits per heavy atom. The minimum atomic E-state index is -0.677. The fourth-order valence-corrected chi connectivity index (χ4v) is 4.15. The Hall–Kier alpha value is -2.15. The highest BCUT2D eigenvalue weighted by molar-refractivity contribution is 5.95. The minimum absolute atomic E-state index is 0.0223. The smallest absolute Gasteiger partial charge is 0.310 e. The van der Waals surface area contributed by atoms with Crippen molar-refractivity contribution in [1.29, 1.82) is 0 Å². The van der Waals surface area contributed by atoms with Gasteiger partial charge in [-0.15, -0.1) is 0 Å². The van der Waals surface area contributed by atoms with Crippen LogP contribution in [0.3, 0.4) is 0 Å². The van der Waals surface area contributed by atoms with E-state index in [1.54, 1.807) is 0 Å². The molecule has 3 rings (SSSR count). The van der Waals surface area contributed by atoms with Gasteiger partial charge in [0.25, 0.3) is 5.91 Å². The molecule has 2 fully saturated rings. The van der Waals surface area contributed by atoms with Gasteiger partial charge in [0.15, 0.2) is 5.75 Å². The lowest BCUT2D eigenvalue weighted by Crippen LogP contribution is -2.63. The highest BCUT2D eigenvalue weighted by atomic mass is 16.6. The predicted octanol–water partition coefficient (Wildman–Crippen LogP) is 2.77. The van der Waals surface area contributed by atoms with E-state index < -0.39 is 16.4 Å². The highest BCUT2D eigenvalue weighted by Crippen LogP contribution is 2.54. The number of phenols is 1. The number of benzene rings is 1. The molecule has 1 aromatic rings. The molecule has 2 unspecified atom stereocenters. The van der Waals surface area contributed by atoms with Gasteiger partial charge < -0.3 is 15.2 Å². The molecule has 0 saturated heterocycles. The molecule has 130 valence electrons. The number of hydrogen-bond donors (Lipinski definition) is 2. The second-order valence-electron chi connectivity index (χ2n) is 6.61. The van der Waals surface area contributed by atoms with E-state index in [1.165, 1.54) is 6.07 Å². The molecule has 7 heteroatoms.